The van der Waals surface area contributed by atoms with Crippen LogP contribution in [0.3, 0.4) is 0 Å². The minimum Gasteiger partial charge on any atom is -0.486 e. The van der Waals surface area contributed by atoms with Gasteiger partial charge in [0.15, 0.2) is 0 Å². The van der Waals surface area contributed by atoms with Crippen LogP contribution in [0.15, 0.2) is 41.6 Å². The van der Waals surface area contributed by atoms with E-state index in [0.717, 1.165) is 28.8 Å². The second kappa shape index (κ2) is 5.12. The van der Waals surface area contributed by atoms with Gasteiger partial charge in [-0.2, -0.15) is 0 Å². The van der Waals surface area contributed by atoms with E-state index in [1.54, 1.807) is 0 Å². The molecule has 0 saturated heterocycles. The molecule has 4 rings (SSSR count). The monoisotopic (exact) mass is 308 g/mol. The minimum atomic E-state index is -0.436. The number of hydrogen-bond donors (Lipinski definition) is 0. The SMILES string of the molecule is CCn1c2ccccc2c2cc3c(cc21)OC/C3=N\OC(C)=O. The Morgan fingerprint density at radius 1 is 1.26 bits per heavy atom. The normalized spacial score (nSPS) is 15.1. The number of rotatable bonds is 2. The third kappa shape index (κ3) is 2.08. The second-order valence-corrected chi connectivity index (χ2v) is 5.54. The van der Waals surface area contributed by atoms with Crippen LogP contribution in [-0.2, 0) is 16.2 Å². The van der Waals surface area contributed by atoms with Gasteiger partial charge in [-0.05, 0) is 19.1 Å². The Kier molecular flexibility index (Phi) is 3.08. The molecule has 0 bridgehead atoms. The van der Waals surface area contributed by atoms with E-state index >= 15 is 0 Å². The smallest absolute Gasteiger partial charge is 0.331 e. The third-order valence-corrected chi connectivity index (χ3v) is 4.15. The molecule has 1 aliphatic heterocycles. The molecule has 1 aromatic heterocycles. The number of para-hydroxylation sites is 1. The van der Waals surface area contributed by atoms with E-state index in [-0.39, 0.29) is 0 Å². The molecule has 1 aliphatic rings. The van der Waals surface area contributed by atoms with Crippen molar-refractivity contribution in [3.05, 3.63) is 42.0 Å². The Balaban J connectivity index is 1.97. The number of ether oxygens (including phenoxy) is 1. The van der Waals surface area contributed by atoms with Crippen molar-refractivity contribution in [2.24, 2.45) is 5.16 Å². The summed E-state index contributed by atoms with van der Waals surface area (Å²) >= 11 is 0. The van der Waals surface area contributed by atoms with Gasteiger partial charge in [0.2, 0.25) is 0 Å². The fourth-order valence-electron chi connectivity index (χ4n) is 3.18. The molecular formula is C18H16N2O3. The molecule has 23 heavy (non-hydrogen) atoms. The molecule has 0 aliphatic carbocycles. The summed E-state index contributed by atoms with van der Waals surface area (Å²) in [5, 5.41) is 6.27. The summed E-state index contributed by atoms with van der Waals surface area (Å²) in [6.45, 7) is 4.67. The first-order valence-corrected chi connectivity index (χ1v) is 7.61. The standard InChI is InChI=1S/C18H16N2O3/c1-3-20-16-7-5-4-6-12(16)13-8-14-15(19-23-11(2)21)10-22-18(14)9-17(13)20/h4-9H,3,10H2,1-2H3/b19-15+. The maximum atomic E-state index is 11.0. The molecule has 5 heteroatoms. The molecule has 3 aromatic rings. The van der Waals surface area contributed by atoms with Crippen LogP contribution in [0.25, 0.3) is 21.8 Å². The number of fused-ring (bicyclic) bond motifs is 4. The summed E-state index contributed by atoms with van der Waals surface area (Å²) in [5.41, 5.74) is 3.87. The van der Waals surface area contributed by atoms with E-state index in [9.17, 15) is 4.79 Å². The van der Waals surface area contributed by atoms with E-state index in [4.69, 9.17) is 9.57 Å². The van der Waals surface area contributed by atoms with Gasteiger partial charge in [-0.1, -0.05) is 23.4 Å². The third-order valence-electron chi connectivity index (χ3n) is 4.15. The predicted molar refractivity (Wildman–Crippen MR) is 88.9 cm³/mol. The minimum absolute atomic E-state index is 0.319. The lowest BCUT2D eigenvalue weighted by Crippen LogP contribution is -2.05. The van der Waals surface area contributed by atoms with E-state index < -0.39 is 5.97 Å². The summed E-state index contributed by atoms with van der Waals surface area (Å²) in [5.74, 6) is 0.343. The molecule has 0 spiro atoms. The number of carbonyl (C=O) groups excluding carboxylic acids is 1. The average Bonchev–Trinajstić information content (AvgIpc) is 3.09. The van der Waals surface area contributed by atoms with Gasteiger partial charge in [-0.15, -0.1) is 0 Å². The zero-order valence-corrected chi connectivity index (χ0v) is 13.0. The lowest BCUT2D eigenvalue weighted by Gasteiger charge is -2.04. The molecule has 0 fully saturated rings. The van der Waals surface area contributed by atoms with Crippen molar-refractivity contribution in [2.75, 3.05) is 6.61 Å². The van der Waals surface area contributed by atoms with Crippen molar-refractivity contribution < 1.29 is 14.4 Å². The summed E-state index contributed by atoms with van der Waals surface area (Å²) in [6.07, 6.45) is 0. The summed E-state index contributed by atoms with van der Waals surface area (Å²) in [4.78, 5) is 15.7. The molecule has 116 valence electrons. The number of benzene rings is 2. The Labute approximate surface area is 133 Å². The Bertz CT molecular complexity index is 969. The predicted octanol–water partition coefficient (Wildman–Crippen LogP) is 3.47. The number of nitrogens with zero attached hydrogens (tertiary/aromatic N) is 2. The van der Waals surface area contributed by atoms with Crippen molar-refractivity contribution in [1.82, 2.24) is 4.57 Å². The van der Waals surface area contributed by atoms with Crippen molar-refractivity contribution in [2.45, 2.75) is 20.4 Å². The lowest BCUT2D eigenvalue weighted by atomic mass is 10.1. The topological polar surface area (TPSA) is 52.8 Å². The van der Waals surface area contributed by atoms with Gasteiger partial charge in [0.05, 0.1) is 5.52 Å². The molecule has 0 radical (unpaired) electrons. The maximum Gasteiger partial charge on any atom is 0.331 e. The van der Waals surface area contributed by atoms with Gasteiger partial charge in [-0.3, -0.25) is 0 Å². The van der Waals surface area contributed by atoms with Crippen LogP contribution < -0.4 is 4.74 Å². The maximum absolute atomic E-state index is 11.0. The second-order valence-electron chi connectivity index (χ2n) is 5.54. The molecule has 0 amide bonds. The number of aromatic nitrogens is 1. The highest BCUT2D eigenvalue weighted by Crippen LogP contribution is 2.36. The summed E-state index contributed by atoms with van der Waals surface area (Å²) in [7, 11) is 0. The molecule has 0 atom stereocenters. The number of hydrogen-bond acceptors (Lipinski definition) is 4. The molecule has 0 saturated carbocycles. The molecule has 0 N–H and O–H groups in total. The first-order chi connectivity index (χ1) is 11.2. The van der Waals surface area contributed by atoms with Crippen LogP contribution in [0.1, 0.15) is 19.4 Å². The van der Waals surface area contributed by atoms with Crippen LogP contribution in [0.5, 0.6) is 5.75 Å². The van der Waals surface area contributed by atoms with E-state index in [2.05, 4.69) is 34.8 Å². The van der Waals surface area contributed by atoms with Crippen LogP contribution in [0.2, 0.25) is 0 Å². The van der Waals surface area contributed by atoms with Crippen molar-refractivity contribution in [1.29, 1.82) is 0 Å². The Morgan fingerprint density at radius 2 is 2.09 bits per heavy atom. The number of aryl methyl sites for hydroxylation is 1. The van der Waals surface area contributed by atoms with E-state index in [0.29, 0.717) is 12.3 Å². The molecular weight excluding hydrogens is 292 g/mol. The molecule has 5 nitrogen and oxygen atoms in total. The fourth-order valence-corrected chi connectivity index (χ4v) is 3.18. The van der Waals surface area contributed by atoms with Crippen LogP contribution in [-0.4, -0.2) is 22.9 Å². The first-order valence-electron chi connectivity index (χ1n) is 7.61. The Hall–Kier alpha value is -2.82. The zero-order chi connectivity index (χ0) is 16.0. The zero-order valence-electron chi connectivity index (χ0n) is 13.0. The van der Waals surface area contributed by atoms with Crippen molar-refractivity contribution in [3.8, 4) is 5.75 Å². The van der Waals surface area contributed by atoms with Gasteiger partial charge in [-0.25, -0.2) is 4.79 Å². The van der Waals surface area contributed by atoms with E-state index in [1.165, 1.54) is 17.8 Å². The van der Waals surface area contributed by atoms with Crippen LogP contribution in [0.4, 0.5) is 0 Å². The fraction of sp³-hybridized carbons (Fsp3) is 0.222. The largest absolute Gasteiger partial charge is 0.486 e. The van der Waals surface area contributed by atoms with Gasteiger partial charge in [0, 0.05) is 41.4 Å². The highest BCUT2D eigenvalue weighted by atomic mass is 16.7. The quantitative estimate of drug-likeness (QED) is 0.538. The Morgan fingerprint density at radius 3 is 2.87 bits per heavy atom. The molecule has 0 unspecified atom stereocenters. The lowest BCUT2D eigenvalue weighted by molar-refractivity contribution is -0.140. The van der Waals surface area contributed by atoms with Gasteiger partial charge >= 0.3 is 5.97 Å². The van der Waals surface area contributed by atoms with Crippen LogP contribution >= 0.6 is 0 Å². The summed E-state index contributed by atoms with van der Waals surface area (Å²) < 4.78 is 7.98. The highest BCUT2D eigenvalue weighted by molar-refractivity contribution is 6.14. The van der Waals surface area contributed by atoms with Gasteiger partial charge in [0.1, 0.15) is 18.1 Å². The number of carbonyl (C=O) groups is 1. The summed E-state index contributed by atoms with van der Waals surface area (Å²) in [6, 6.07) is 12.5. The highest BCUT2D eigenvalue weighted by Gasteiger charge is 2.23. The first kappa shape index (κ1) is 13.8. The average molecular weight is 308 g/mol. The van der Waals surface area contributed by atoms with E-state index in [1.807, 2.05) is 18.2 Å². The van der Waals surface area contributed by atoms with Gasteiger partial charge in [0.25, 0.3) is 0 Å². The van der Waals surface area contributed by atoms with Gasteiger partial charge < -0.3 is 14.1 Å². The number of oxime groups is 1. The molecule has 2 heterocycles. The van der Waals surface area contributed by atoms with Crippen LogP contribution in [0, 0.1) is 0 Å². The van der Waals surface area contributed by atoms with Crippen molar-refractivity contribution >= 4 is 33.5 Å². The van der Waals surface area contributed by atoms with Crippen molar-refractivity contribution in [3.63, 3.8) is 0 Å². The molecule has 2 aromatic carbocycles.